The van der Waals surface area contributed by atoms with Crippen LogP contribution in [0.5, 0.6) is 0 Å². The highest BCUT2D eigenvalue weighted by Gasteiger charge is 2.27. The molecular weight excluding hydrogens is 344 g/mol. The molecule has 0 saturated carbocycles. The highest BCUT2D eigenvalue weighted by molar-refractivity contribution is 6.31. The number of aryl methyl sites for hydroxylation is 2. The van der Waals surface area contributed by atoms with Crippen LogP contribution < -0.4 is 0 Å². The van der Waals surface area contributed by atoms with E-state index in [1.807, 2.05) is 17.7 Å². The molecule has 0 radical (unpaired) electrons. The molecule has 0 fully saturated rings. The molecule has 2 aromatic heterocycles. The van der Waals surface area contributed by atoms with Crippen molar-refractivity contribution in [1.29, 1.82) is 0 Å². The van der Waals surface area contributed by atoms with Gasteiger partial charge in [-0.05, 0) is 25.1 Å². The third-order valence-electron chi connectivity index (χ3n) is 4.01. The number of methoxy groups -OCH3 is 1. The smallest absolute Gasteiger partial charge is 0.340 e. The average Bonchev–Trinajstić information content (AvgIpc) is 3.12. The normalized spacial score (nSPS) is 13.8. The van der Waals surface area contributed by atoms with Gasteiger partial charge in [0.15, 0.2) is 18.0 Å². The summed E-state index contributed by atoms with van der Waals surface area (Å²) < 4.78 is 14.3. The van der Waals surface area contributed by atoms with Crippen LogP contribution in [0, 0.1) is 0 Å². The number of nitrogens with zero attached hydrogens (tertiary/aromatic N) is 4. The van der Waals surface area contributed by atoms with Gasteiger partial charge < -0.3 is 14.0 Å². The first-order valence-corrected chi connectivity index (χ1v) is 8.12. The molecule has 0 spiro atoms. The molecule has 2 unspecified atom stereocenters. The topological polar surface area (TPSA) is 71.2 Å². The van der Waals surface area contributed by atoms with Gasteiger partial charge in [0.2, 0.25) is 0 Å². The fourth-order valence-corrected chi connectivity index (χ4v) is 2.95. The van der Waals surface area contributed by atoms with Gasteiger partial charge in [-0.3, -0.25) is 4.68 Å². The van der Waals surface area contributed by atoms with Crippen molar-refractivity contribution in [3.63, 3.8) is 0 Å². The molecule has 0 aliphatic carbocycles. The van der Waals surface area contributed by atoms with Gasteiger partial charge in [-0.1, -0.05) is 11.6 Å². The number of rotatable bonds is 5. The van der Waals surface area contributed by atoms with Crippen LogP contribution in [-0.4, -0.2) is 32.4 Å². The summed E-state index contributed by atoms with van der Waals surface area (Å²) in [6.07, 6.45) is 1.92. The number of fused-ring (bicyclic) bond motifs is 1. The van der Waals surface area contributed by atoms with Crippen LogP contribution >= 0.6 is 11.6 Å². The zero-order chi connectivity index (χ0) is 18.1. The largest absolute Gasteiger partial charge is 0.452 e. The number of carbonyl (C=O) groups is 1. The molecule has 1 aromatic carbocycles. The maximum atomic E-state index is 12.5. The molecule has 2 atom stereocenters. The number of aromatic nitrogens is 4. The van der Waals surface area contributed by atoms with E-state index in [-0.39, 0.29) is 0 Å². The Labute approximate surface area is 150 Å². The zero-order valence-electron chi connectivity index (χ0n) is 14.4. The molecule has 8 heteroatoms. The standard InChI is InChI=1S/C17H19ClN4O3/c1-10(16-20-13-7-12(18)5-6-14(13)22(16)3)25-17(23)15(24-4)11-8-19-21(2)9-11/h5-10,15H,1-4H3. The third-order valence-corrected chi connectivity index (χ3v) is 4.25. The Morgan fingerprint density at radius 3 is 2.72 bits per heavy atom. The predicted octanol–water partition coefficient (Wildman–Crippen LogP) is 2.95. The lowest BCUT2D eigenvalue weighted by Gasteiger charge is -2.17. The number of benzene rings is 1. The molecule has 0 saturated heterocycles. The summed E-state index contributed by atoms with van der Waals surface area (Å²) in [6.45, 7) is 1.77. The van der Waals surface area contributed by atoms with Crippen molar-refractivity contribution < 1.29 is 14.3 Å². The van der Waals surface area contributed by atoms with E-state index in [0.29, 0.717) is 16.4 Å². The Morgan fingerprint density at radius 1 is 1.32 bits per heavy atom. The van der Waals surface area contributed by atoms with Crippen LogP contribution in [0.4, 0.5) is 0 Å². The molecule has 132 valence electrons. The van der Waals surface area contributed by atoms with Crippen LogP contribution in [0.2, 0.25) is 5.02 Å². The summed E-state index contributed by atoms with van der Waals surface area (Å²) in [5, 5.41) is 4.67. The Hall–Kier alpha value is -2.38. The van der Waals surface area contributed by atoms with Gasteiger partial charge in [0.25, 0.3) is 0 Å². The third kappa shape index (κ3) is 3.38. The maximum absolute atomic E-state index is 12.5. The molecule has 0 N–H and O–H groups in total. The van der Waals surface area contributed by atoms with Crippen molar-refractivity contribution in [2.75, 3.05) is 7.11 Å². The number of imidazole rings is 1. The summed E-state index contributed by atoms with van der Waals surface area (Å²) in [5.41, 5.74) is 2.31. The molecule has 2 heterocycles. The first-order chi connectivity index (χ1) is 11.9. The van der Waals surface area contributed by atoms with Crippen LogP contribution in [0.3, 0.4) is 0 Å². The molecule has 0 amide bonds. The first-order valence-electron chi connectivity index (χ1n) is 7.74. The lowest BCUT2D eigenvalue weighted by Crippen LogP contribution is -2.20. The molecule has 0 aliphatic rings. The molecule has 3 rings (SSSR count). The Balaban J connectivity index is 1.82. The summed E-state index contributed by atoms with van der Waals surface area (Å²) >= 11 is 6.02. The minimum atomic E-state index is -0.833. The molecule has 7 nitrogen and oxygen atoms in total. The number of hydrogen-bond acceptors (Lipinski definition) is 5. The van der Waals surface area contributed by atoms with E-state index in [1.165, 1.54) is 7.11 Å². The lowest BCUT2D eigenvalue weighted by atomic mass is 10.2. The van der Waals surface area contributed by atoms with Crippen molar-refractivity contribution in [2.45, 2.75) is 19.1 Å². The number of carbonyl (C=O) groups excluding carboxylic acids is 1. The number of halogens is 1. The second-order valence-corrected chi connectivity index (χ2v) is 6.24. The maximum Gasteiger partial charge on any atom is 0.340 e. The van der Waals surface area contributed by atoms with Crippen LogP contribution in [0.1, 0.15) is 30.5 Å². The number of hydrogen-bond donors (Lipinski definition) is 0. The zero-order valence-corrected chi connectivity index (χ0v) is 15.2. The number of ether oxygens (including phenoxy) is 2. The Kier molecular flexibility index (Phi) is 4.78. The highest BCUT2D eigenvalue weighted by Crippen LogP contribution is 2.26. The van der Waals surface area contributed by atoms with Gasteiger partial charge >= 0.3 is 5.97 Å². The summed E-state index contributed by atoms with van der Waals surface area (Å²) in [7, 11) is 5.10. The van der Waals surface area contributed by atoms with Crippen molar-refractivity contribution in [3.05, 3.63) is 47.0 Å². The van der Waals surface area contributed by atoms with Gasteiger partial charge in [-0.2, -0.15) is 5.10 Å². The summed E-state index contributed by atoms with van der Waals surface area (Å²) in [6, 6.07) is 5.47. The quantitative estimate of drug-likeness (QED) is 0.652. The van der Waals surface area contributed by atoms with E-state index in [1.54, 1.807) is 43.2 Å². The van der Waals surface area contributed by atoms with E-state index >= 15 is 0 Å². The van der Waals surface area contributed by atoms with E-state index in [4.69, 9.17) is 21.1 Å². The molecular formula is C17H19ClN4O3. The van der Waals surface area contributed by atoms with Gasteiger partial charge in [0.05, 0.1) is 17.2 Å². The van der Waals surface area contributed by atoms with Crippen LogP contribution in [0.15, 0.2) is 30.6 Å². The van der Waals surface area contributed by atoms with Gasteiger partial charge in [0, 0.05) is 38.0 Å². The monoisotopic (exact) mass is 362 g/mol. The summed E-state index contributed by atoms with van der Waals surface area (Å²) in [5.74, 6) is 0.139. The van der Waals surface area contributed by atoms with E-state index in [9.17, 15) is 4.79 Å². The van der Waals surface area contributed by atoms with Crippen molar-refractivity contribution in [1.82, 2.24) is 19.3 Å². The molecule has 0 bridgehead atoms. The second-order valence-electron chi connectivity index (χ2n) is 5.80. The van der Waals surface area contributed by atoms with Crippen molar-refractivity contribution in [3.8, 4) is 0 Å². The minimum Gasteiger partial charge on any atom is -0.452 e. The summed E-state index contributed by atoms with van der Waals surface area (Å²) in [4.78, 5) is 17.0. The molecule has 25 heavy (non-hydrogen) atoms. The van der Waals surface area contributed by atoms with Crippen molar-refractivity contribution >= 4 is 28.6 Å². The average molecular weight is 363 g/mol. The van der Waals surface area contributed by atoms with E-state index in [2.05, 4.69) is 10.1 Å². The molecule has 3 aromatic rings. The Morgan fingerprint density at radius 2 is 2.08 bits per heavy atom. The van der Waals surface area contributed by atoms with Gasteiger partial charge in [-0.25, -0.2) is 9.78 Å². The predicted molar refractivity (Wildman–Crippen MR) is 93.2 cm³/mol. The minimum absolute atomic E-state index is 0.493. The second kappa shape index (κ2) is 6.85. The first kappa shape index (κ1) is 17.4. The van der Waals surface area contributed by atoms with Crippen molar-refractivity contribution in [2.24, 2.45) is 14.1 Å². The van der Waals surface area contributed by atoms with Crippen LogP contribution in [0.25, 0.3) is 11.0 Å². The van der Waals surface area contributed by atoms with E-state index < -0.39 is 18.2 Å². The van der Waals surface area contributed by atoms with Crippen LogP contribution in [-0.2, 0) is 28.4 Å². The van der Waals surface area contributed by atoms with E-state index in [0.717, 1.165) is 11.0 Å². The lowest BCUT2D eigenvalue weighted by molar-refractivity contribution is -0.161. The fourth-order valence-electron chi connectivity index (χ4n) is 2.79. The highest BCUT2D eigenvalue weighted by atomic mass is 35.5. The number of esters is 1. The fraction of sp³-hybridized carbons (Fsp3) is 0.353. The SMILES string of the molecule is COC(C(=O)OC(C)c1nc2cc(Cl)ccc2n1C)c1cnn(C)c1. The van der Waals surface area contributed by atoms with Gasteiger partial charge in [0.1, 0.15) is 0 Å². The van der Waals surface area contributed by atoms with Gasteiger partial charge in [-0.15, -0.1) is 0 Å². The Bertz CT molecular complexity index is 918. The molecule has 0 aliphatic heterocycles.